The highest BCUT2D eigenvalue weighted by molar-refractivity contribution is 5.88. The molecule has 2 aliphatic rings. The summed E-state index contributed by atoms with van der Waals surface area (Å²) in [5.74, 6) is 1.62. The standard InChI is InChI=1S/C25H28N4O5/c30-25-7-5-20-21(2-1-3-22(20)29(31)32)28(25)13-12-27-10-8-19(9-11-27)26-17-18-4-6-23-24(16-18)34-15-14-33-23/h1-7,16,19,26H,8-15,17H2. The molecule has 2 aliphatic heterocycles. The van der Waals surface area contributed by atoms with Gasteiger partial charge in [0.25, 0.3) is 11.2 Å². The molecular weight excluding hydrogens is 436 g/mol. The number of piperidine rings is 1. The highest BCUT2D eigenvalue weighted by atomic mass is 16.6. The fraction of sp³-hybridized carbons (Fsp3) is 0.400. The van der Waals surface area contributed by atoms with Crippen molar-refractivity contribution in [2.24, 2.45) is 0 Å². The molecule has 0 bridgehead atoms. The van der Waals surface area contributed by atoms with Gasteiger partial charge in [-0.2, -0.15) is 0 Å². The van der Waals surface area contributed by atoms with Crippen LogP contribution in [0.25, 0.3) is 10.9 Å². The molecule has 1 N–H and O–H groups in total. The van der Waals surface area contributed by atoms with Gasteiger partial charge in [0.05, 0.1) is 15.8 Å². The third-order valence-corrected chi connectivity index (χ3v) is 6.64. The Kier molecular flexibility index (Phi) is 6.46. The zero-order chi connectivity index (χ0) is 23.5. The summed E-state index contributed by atoms with van der Waals surface area (Å²) in [6.07, 6.45) is 2.06. The van der Waals surface area contributed by atoms with Crippen LogP contribution in [0.1, 0.15) is 18.4 Å². The summed E-state index contributed by atoms with van der Waals surface area (Å²) in [6, 6.07) is 14.4. The van der Waals surface area contributed by atoms with Gasteiger partial charge in [-0.3, -0.25) is 14.9 Å². The highest BCUT2D eigenvalue weighted by Crippen LogP contribution is 2.30. The third kappa shape index (κ3) is 4.76. The second-order valence-electron chi connectivity index (χ2n) is 8.77. The molecule has 9 nitrogen and oxygen atoms in total. The van der Waals surface area contributed by atoms with E-state index >= 15 is 0 Å². The Balaban J connectivity index is 1.15. The molecule has 34 heavy (non-hydrogen) atoms. The number of ether oxygens (including phenoxy) is 2. The zero-order valence-corrected chi connectivity index (χ0v) is 18.9. The van der Waals surface area contributed by atoms with E-state index < -0.39 is 4.92 Å². The molecule has 5 rings (SSSR count). The van der Waals surface area contributed by atoms with Gasteiger partial charge in [-0.15, -0.1) is 0 Å². The van der Waals surface area contributed by atoms with Crippen LogP contribution in [-0.2, 0) is 13.1 Å². The predicted molar refractivity (Wildman–Crippen MR) is 129 cm³/mol. The number of rotatable bonds is 7. The fourth-order valence-electron chi connectivity index (χ4n) is 4.76. The number of pyridine rings is 1. The van der Waals surface area contributed by atoms with Gasteiger partial charge in [-0.05, 0) is 55.8 Å². The summed E-state index contributed by atoms with van der Waals surface area (Å²) >= 11 is 0. The first kappa shape index (κ1) is 22.4. The molecule has 0 amide bonds. The normalized spacial score (nSPS) is 16.6. The van der Waals surface area contributed by atoms with Crippen molar-refractivity contribution >= 4 is 16.6 Å². The van der Waals surface area contributed by atoms with Crippen molar-refractivity contribution in [3.05, 3.63) is 74.6 Å². The maximum Gasteiger partial charge on any atom is 0.278 e. The van der Waals surface area contributed by atoms with Gasteiger partial charge in [0, 0.05) is 37.8 Å². The minimum atomic E-state index is -0.403. The SMILES string of the molecule is O=c1ccc2c([N+](=O)[O-])cccc2n1CCN1CCC(NCc2ccc3c(c2)OCCO3)CC1. The molecular formula is C25H28N4O5. The first-order valence-electron chi connectivity index (χ1n) is 11.7. The number of aromatic nitrogens is 1. The van der Waals surface area contributed by atoms with Crippen molar-refractivity contribution in [2.75, 3.05) is 32.8 Å². The summed E-state index contributed by atoms with van der Waals surface area (Å²) < 4.78 is 12.9. The lowest BCUT2D eigenvalue weighted by atomic mass is 10.0. The third-order valence-electron chi connectivity index (χ3n) is 6.64. The van der Waals surface area contributed by atoms with Gasteiger partial charge in [0.1, 0.15) is 13.2 Å². The number of hydrogen-bond acceptors (Lipinski definition) is 7. The first-order valence-corrected chi connectivity index (χ1v) is 11.7. The van der Waals surface area contributed by atoms with Crippen LogP contribution in [-0.4, -0.2) is 53.3 Å². The van der Waals surface area contributed by atoms with E-state index in [0.717, 1.165) is 50.5 Å². The van der Waals surface area contributed by atoms with E-state index in [-0.39, 0.29) is 11.2 Å². The van der Waals surface area contributed by atoms with Crippen LogP contribution < -0.4 is 20.3 Å². The molecule has 1 aromatic heterocycles. The van der Waals surface area contributed by atoms with Crippen molar-refractivity contribution in [3.63, 3.8) is 0 Å². The quantitative estimate of drug-likeness (QED) is 0.424. The van der Waals surface area contributed by atoms with Crippen LogP contribution in [0.3, 0.4) is 0 Å². The Morgan fingerprint density at radius 2 is 1.79 bits per heavy atom. The minimum absolute atomic E-state index is 0.0242. The number of nitro groups is 1. The molecule has 0 atom stereocenters. The largest absolute Gasteiger partial charge is 0.486 e. The van der Waals surface area contributed by atoms with Gasteiger partial charge < -0.3 is 24.3 Å². The number of fused-ring (bicyclic) bond motifs is 2. The average Bonchev–Trinajstić information content (AvgIpc) is 2.87. The van der Waals surface area contributed by atoms with Crippen molar-refractivity contribution in [2.45, 2.75) is 32.0 Å². The van der Waals surface area contributed by atoms with Crippen molar-refractivity contribution in [1.82, 2.24) is 14.8 Å². The number of non-ortho nitro benzene ring substituents is 1. The van der Waals surface area contributed by atoms with Gasteiger partial charge in [0.15, 0.2) is 11.5 Å². The molecule has 0 unspecified atom stereocenters. The van der Waals surface area contributed by atoms with E-state index in [0.29, 0.717) is 36.7 Å². The van der Waals surface area contributed by atoms with Crippen LogP contribution in [0.5, 0.6) is 11.5 Å². The second kappa shape index (κ2) is 9.82. The monoisotopic (exact) mass is 464 g/mol. The van der Waals surface area contributed by atoms with Crippen molar-refractivity contribution in [1.29, 1.82) is 0 Å². The molecule has 9 heteroatoms. The van der Waals surface area contributed by atoms with Gasteiger partial charge in [-0.25, -0.2) is 0 Å². The van der Waals surface area contributed by atoms with Gasteiger partial charge >= 0.3 is 0 Å². The highest BCUT2D eigenvalue weighted by Gasteiger charge is 2.20. The number of likely N-dealkylation sites (tertiary alicyclic amines) is 1. The maximum absolute atomic E-state index is 12.5. The molecule has 0 radical (unpaired) electrons. The van der Waals surface area contributed by atoms with E-state index in [1.807, 2.05) is 12.1 Å². The van der Waals surface area contributed by atoms with Crippen LogP contribution in [0.2, 0.25) is 0 Å². The Labute approximate surface area is 197 Å². The Morgan fingerprint density at radius 3 is 2.59 bits per heavy atom. The molecule has 0 saturated carbocycles. The smallest absolute Gasteiger partial charge is 0.278 e. The van der Waals surface area contributed by atoms with E-state index in [1.54, 1.807) is 22.8 Å². The van der Waals surface area contributed by atoms with Crippen molar-refractivity contribution < 1.29 is 14.4 Å². The summed E-state index contributed by atoms with van der Waals surface area (Å²) in [4.78, 5) is 25.8. The number of benzene rings is 2. The second-order valence-corrected chi connectivity index (χ2v) is 8.77. The summed E-state index contributed by atoms with van der Waals surface area (Å²) in [6.45, 7) is 5.09. The molecule has 3 heterocycles. The summed E-state index contributed by atoms with van der Waals surface area (Å²) in [5.41, 5.74) is 1.67. The van der Waals surface area contributed by atoms with E-state index in [4.69, 9.17) is 9.47 Å². The van der Waals surface area contributed by atoms with Gasteiger partial charge in [0.2, 0.25) is 0 Å². The molecule has 1 fully saturated rings. The van der Waals surface area contributed by atoms with E-state index in [1.165, 1.54) is 17.7 Å². The lowest BCUT2D eigenvalue weighted by molar-refractivity contribution is -0.383. The number of nitrogens with one attached hydrogen (secondary N) is 1. The molecule has 0 aliphatic carbocycles. The number of nitro benzene ring substituents is 1. The van der Waals surface area contributed by atoms with Crippen LogP contribution in [0, 0.1) is 10.1 Å². The summed E-state index contributed by atoms with van der Waals surface area (Å²) in [7, 11) is 0. The topological polar surface area (TPSA) is 98.9 Å². The number of nitrogens with zero attached hydrogens (tertiary/aromatic N) is 3. The van der Waals surface area contributed by atoms with Crippen LogP contribution in [0.4, 0.5) is 5.69 Å². The van der Waals surface area contributed by atoms with Crippen molar-refractivity contribution in [3.8, 4) is 11.5 Å². The van der Waals surface area contributed by atoms with Gasteiger partial charge in [-0.1, -0.05) is 12.1 Å². The maximum atomic E-state index is 12.5. The average molecular weight is 465 g/mol. The lowest BCUT2D eigenvalue weighted by Crippen LogP contribution is -2.43. The lowest BCUT2D eigenvalue weighted by Gasteiger charge is -2.32. The molecule has 3 aromatic rings. The fourth-order valence-corrected chi connectivity index (χ4v) is 4.76. The minimum Gasteiger partial charge on any atom is -0.486 e. The molecule has 178 valence electrons. The predicted octanol–water partition coefficient (Wildman–Crippen LogP) is 2.94. The number of hydrogen-bond donors (Lipinski definition) is 1. The van der Waals surface area contributed by atoms with Crippen LogP contribution in [0.15, 0.2) is 53.3 Å². The van der Waals surface area contributed by atoms with Crippen LogP contribution >= 0.6 is 0 Å². The van der Waals surface area contributed by atoms with E-state index in [9.17, 15) is 14.9 Å². The molecule has 1 saturated heterocycles. The summed E-state index contributed by atoms with van der Waals surface area (Å²) in [5, 5.41) is 15.5. The van der Waals surface area contributed by atoms with E-state index in [2.05, 4.69) is 16.3 Å². The Morgan fingerprint density at radius 1 is 1.00 bits per heavy atom. The Hall–Kier alpha value is -3.43. The Bertz CT molecular complexity index is 1250. The first-order chi connectivity index (χ1) is 16.6. The molecule has 2 aromatic carbocycles. The molecule has 0 spiro atoms. The zero-order valence-electron chi connectivity index (χ0n) is 18.9.